The van der Waals surface area contributed by atoms with Crippen LogP contribution < -0.4 is 5.73 Å². The van der Waals surface area contributed by atoms with Gasteiger partial charge in [0.15, 0.2) is 0 Å². The summed E-state index contributed by atoms with van der Waals surface area (Å²) in [5.74, 6) is -0.873. The molecule has 0 saturated carbocycles. The minimum atomic E-state index is -0.598. The van der Waals surface area contributed by atoms with Crippen LogP contribution in [0.15, 0.2) is 11.6 Å². The minimum Gasteiger partial charge on any atom is -0.463 e. The number of rotatable bonds is 7. The Kier molecular flexibility index (Phi) is 6.72. The number of likely N-dealkylation sites (tertiary alicyclic amines) is 1. The molecule has 0 bridgehead atoms. The molecule has 140 valence electrons. The molecular weight excluding hydrogens is 324 g/mol. The van der Waals surface area contributed by atoms with Gasteiger partial charge in [0.25, 0.3) is 0 Å². The SMILES string of the molecule is CCOC(=O)C1=CC(OC(CC)CC)C(N2C(=O)CCC2=O)C(N)C1. The highest BCUT2D eigenvalue weighted by molar-refractivity contribution is 6.02. The monoisotopic (exact) mass is 352 g/mol. The number of ether oxygens (including phenoxy) is 2. The van der Waals surface area contributed by atoms with Crippen LogP contribution in [-0.2, 0) is 23.9 Å². The van der Waals surface area contributed by atoms with E-state index in [0.29, 0.717) is 5.57 Å². The molecule has 0 aromatic rings. The van der Waals surface area contributed by atoms with Crippen molar-refractivity contribution >= 4 is 17.8 Å². The lowest BCUT2D eigenvalue weighted by molar-refractivity contribution is -0.147. The fourth-order valence-corrected chi connectivity index (χ4v) is 3.45. The zero-order chi connectivity index (χ0) is 18.6. The molecule has 7 nitrogen and oxygen atoms in total. The molecule has 2 amide bonds. The molecule has 7 heteroatoms. The number of amides is 2. The Balaban J connectivity index is 2.33. The van der Waals surface area contributed by atoms with E-state index in [-0.39, 0.29) is 43.8 Å². The molecule has 1 aliphatic carbocycles. The van der Waals surface area contributed by atoms with Crippen LogP contribution in [0.5, 0.6) is 0 Å². The first-order valence-electron chi connectivity index (χ1n) is 9.06. The van der Waals surface area contributed by atoms with Crippen LogP contribution in [0.25, 0.3) is 0 Å². The maximum absolute atomic E-state index is 12.2. The third kappa shape index (κ3) is 4.27. The fourth-order valence-electron chi connectivity index (χ4n) is 3.45. The summed E-state index contributed by atoms with van der Waals surface area (Å²) < 4.78 is 11.2. The Bertz CT molecular complexity index is 540. The lowest BCUT2D eigenvalue weighted by atomic mass is 9.87. The Morgan fingerprint density at radius 2 is 1.84 bits per heavy atom. The summed E-state index contributed by atoms with van der Waals surface area (Å²) in [4.78, 5) is 37.8. The van der Waals surface area contributed by atoms with E-state index < -0.39 is 24.2 Å². The van der Waals surface area contributed by atoms with Crippen molar-refractivity contribution in [1.82, 2.24) is 4.90 Å². The van der Waals surface area contributed by atoms with Gasteiger partial charge in [0, 0.05) is 24.5 Å². The molecule has 3 unspecified atom stereocenters. The van der Waals surface area contributed by atoms with Gasteiger partial charge >= 0.3 is 5.97 Å². The third-order valence-corrected chi connectivity index (χ3v) is 4.78. The van der Waals surface area contributed by atoms with Crippen LogP contribution in [-0.4, -0.2) is 53.6 Å². The minimum absolute atomic E-state index is 0.0368. The number of esters is 1. The van der Waals surface area contributed by atoms with Crippen molar-refractivity contribution in [1.29, 1.82) is 0 Å². The number of hydrogen-bond acceptors (Lipinski definition) is 6. The van der Waals surface area contributed by atoms with Crippen LogP contribution in [0.1, 0.15) is 52.9 Å². The van der Waals surface area contributed by atoms with Crippen molar-refractivity contribution in [3.8, 4) is 0 Å². The second-order valence-electron chi connectivity index (χ2n) is 6.47. The lowest BCUT2D eigenvalue weighted by Gasteiger charge is -2.40. The molecular formula is C18H28N2O5. The number of nitrogens with zero attached hydrogens (tertiary/aromatic N) is 1. The average molecular weight is 352 g/mol. The standard InChI is InChI=1S/C18H28N2O5/c1-4-12(5-2)25-14-10-11(18(23)24-6-3)9-13(19)17(14)20-15(21)7-8-16(20)22/h10,12-14,17H,4-9,19H2,1-3H3. The molecule has 1 aliphatic heterocycles. The number of imide groups is 1. The van der Waals surface area contributed by atoms with Crippen molar-refractivity contribution in [2.24, 2.45) is 5.73 Å². The summed E-state index contributed by atoms with van der Waals surface area (Å²) in [7, 11) is 0. The van der Waals surface area contributed by atoms with Gasteiger partial charge in [-0.3, -0.25) is 14.5 Å². The van der Waals surface area contributed by atoms with Crippen LogP contribution >= 0.6 is 0 Å². The normalized spacial score (nSPS) is 27.0. The van der Waals surface area contributed by atoms with E-state index in [1.807, 2.05) is 13.8 Å². The summed E-state index contributed by atoms with van der Waals surface area (Å²) in [5.41, 5.74) is 6.73. The highest BCUT2D eigenvalue weighted by Crippen LogP contribution is 2.30. The molecule has 25 heavy (non-hydrogen) atoms. The van der Waals surface area contributed by atoms with E-state index in [2.05, 4.69) is 0 Å². The third-order valence-electron chi connectivity index (χ3n) is 4.78. The molecule has 0 aromatic heterocycles. The van der Waals surface area contributed by atoms with E-state index >= 15 is 0 Å². The predicted molar refractivity (Wildman–Crippen MR) is 91.4 cm³/mol. The molecule has 0 radical (unpaired) electrons. The van der Waals surface area contributed by atoms with Crippen molar-refractivity contribution in [3.05, 3.63) is 11.6 Å². The van der Waals surface area contributed by atoms with Gasteiger partial charge in [-0.25, -0.2) is 4.79 Å². The highest BCUT2D eigenvalue weighted by Gasteiger charge is 2.45. The largest absolute Gasteiger partial charge is 0.463 e. The summed E-state index contributed by atoms with van der Waals surface area (Å²) >= 11 is 0. The van der Waals surface area contributed by atoms with E-state index in [0.717, 1.165) is 12.8 Å². The predicted octanol–water partition coefficient (Wildman–Crippen LogP) is 1.30. The van der Waals surface area contributed by atoms with Gasteiger partial charge in [0.1, 0.15) is 0 Å². The molecule has 2 N–H and O–H groups in total. The molecule has 1 fully saturated rings. The van der Waals surface area contributed by atoms with Gasteiger partial charge in [-0.05, 0) is 32.3 Å². The van der Waals surface area contributed by atoms with E-state index in [1.165, 1.54) is 4.90 Å². The van der Waals surface area contributed by atoms with E-state index in [4.69, 9.17) is 15.2 Å². The van der Waals surface area contributed by atoms with Crippen molar-refractivity contribution in [2.75, 3.05) is 6.61 Å². The Morgan fingerprint density at radius 1 is 1.24 bits per heavy atom. The molecule has 0 aromatic carbocycles. The maximum atomic E-state index is 12.2. The summed E-state index contributed by atoms with van der Waals surface area (Å²) in [5, 5.41) is 0. The summed E-state index contributed by atoms with van der Waals surface area (Å²) in [6, 6.07) is -1.14. The van der Waals surface area contributed by atoms with Gasteiger partial charge in [-0.2, -0.15) is 0 Å². The first kappa shape index (κ1) is 19.6. The number of nitrogens with two attached hydrogens (primary N) is 1. The maximum Gasteiger partial charge on any atom is 0.333 e. The second kappa shape index (κ2) is 8.58. The smallest absolute Gasteiger partial charge is 0.333 e. The van der Waals surface area contributed by atoms with Crippen molar-refractivity contribution < 1.29 is 23.9 Å². The average Bonchev–Trinajstić information content (AvgIpc) is 2.91. The van der Waals surface area contributed by atoms with E-state index in [1.54, 1.807) is 13.0 Å². The second-order valence-corrected chi connectivity index (χ2v) is 6.47. The first-order chi connectivity index (χ1) is 11.9. The van der Waals surface area contributed by atoms with Crippen LogP contribution in [0, 0.1) is 0 Å². The number of hydrogen-bond donors (Lipinski definition) is 1. The number of carbonyl (C=O) groups excluding carboxylic acids is 3. The Labute approximate surface area is 148 Å². The van der Waals surface area contributed by atoms with Crippen molar-refractivity contribution in [3.63, 3.8) is 0 Å². The molecule has 1 saturated heterocycles. The van der Waals surface area contributed by atoms with Gasteiger partial charge < -0.3 is 15.2 Å². The molecule has 0 spiro atoms. The molecule has 1 heterocycles. The van der Waals surface area contributed by atoms with Crippen LogP contribution in [0.4, 0.5) is 0 Å². The molecule has 3 atom stereocenters. The van der Waals surface area contributed by atoms with Crippen LogP contribution in [0.2, 0.25) is 0 Å². The topological polar surface area (TPSA) is 98.9 Å². The van der Waals surface area contributed by atoms with Crippen LogP contribution in [0.3, 0.4) is 0 Å². The first-order valence-corrected chi connectivity index (χ1v) is 9.06. The Morgan fingerprint density at radius 3 is 2.36 bits per heavy atom. The van der Waals surface area contributed by atoms with Gasteiger partial charge in [-0.15, -0.1) is 0 Å². The Hall–Kier alpha value is -1.73. The van der Waals surface area contributed by atoms with Gasteiger partial charge in [-0.1, -0.05) is 13.8 Å². The fraction of sp³-hybridized carbons (Fsp3) is 0.722. The molecule has 2 rings (SSSR count). The van der Waals surface area contributed by atoms with E-state index in [9.17, 15) is 14.4 Å². The zero-order valence-electron chi connectivity index (χ0n) is 15.2. The highest BCUT2D eigenvalue weighted by atomic mass is 16.5. The summed E-state index contributed by atoms with van der Waals surface area (Å²) in [6.45, 7) is 6.03. The quantitative estimate of drug-likeness (QED) is 0.548. The number of carbonyl (C=O) groups is 3. The lowest BCUT2D eigenvalue weighted by Crippen LogP contribution is -2.59. The zero-order valence-corrected chi connectivity index (χ0v) is 15.2. The van der Waals surface area contributed by atoms with Gasteiger partial charge in [0.05, 0.1) is 24.9 Å². The van der Waals surface area contributed by atoms with Crippen molar-refractivity contribution in [2.45, 2.75) is 77.2 Å². The van der Waals surface area contributed by atoms with Gasteiger partial charge in [0.2, 0.25) is 11.8 Å². The molecule has 2 aliphatic rings. The summed E-state index contributed by atoms with van der Waals surface area (Å²) in [6.07, 6.45) is 3.29.